The molecule has 2 amide bonds. The maximum atomic E-state index is 12.4. The zero-order valence-electron chi connectivity index (χ0n) is 17.8. The number of halogens is 1. The molecule has 0 aliphatic carbocycles. The van der Waals surface area contributed by atoms with Gasteiger partial charge in [-0.05, 0) is 59.8 Å². The molecule has 0 unspecified atom stereocenters. The third kappa shape index (κ3) is 7.69. The van der Waals surface area contributed by atoms with Crippen molar-refractivity contribution < 1.29 is 18.7 Å². The molecule has 0 bridgehead atoms. The highest BCUT2D eigenvalue weighted by atomic mass is 127. The molecular formula is C22H23IN4O5. The van der Waals surface area contributed by atoms with Crippen LogP contribution in [0.2, 0.25) is 0 Å². The number of carbonyl (C=O) groups excluding carboxylic acids is 2. The third-order valence-corrected chi connectivity index (χ3v) is 4.86. The average molecular weight is 550 g/mol. The summed E-state index contributed by atoms with van der Waals surface area (Å²) in [5.74, 6) is -0.475. The number of amides is 2. The van der Waals surface area contributed by atoms with Gasteiger partial charge in [0.05, 0.1) is 29.8 Å². The van der Waals surface area contributed by atoms with Crippen LogP contribution in [0.25, 0.3) is 0 Å². The van der Waals surface area contributed by atoms with Crippen LogP contribution < -0.4 is 21.1 Å². The summed E-state index contributed by atoms with van der Waals surface area (Å²) in [6.07, 6.45) is 2.39. The number of urea groups is 1. The van der Waals surface area contributed by atoms with E-state index in [2.05, 4.69) is 42.6 Å². The first kappa shape index (κ1) is 24.9. The smallest absolute Gasteiger partial charge is 0.340 e. The lowest BCUT2D eigenvalue weighted by molar-refractivity contribution is 0.0527. The largest absolute Gasteiger partial charge is 0.462 e. The van der Waals surface area contributed by atoms with Gasteiger partial charge in [0.2, 0.25) is 0 Å². The zero-order valence-corrected chi connectivity index (χ0v) is 20.0. The Kier molecular flexibility index (Phi) is 9.67. The van der Waals surface area contributed by atoms with Crippen LogP contribution in [0.5, 0.6) is 0 Å². The average Bonchev–Trinajstić information content (AvgIpc) is 2.76. The van der Waals surface area contributed by atoms with Gasteiger partial charge in [0.25, 0.3) is 5.56 Å². The number of hydrogen-bond donors (Lipinski definition) is 2. The minimum atomic E-state index is -0.475. The van der Waals surface area contributed by atoms with Gasteiger partial charge in [-0.2, -0.15) is 4.98 Å². The lowest BCUT2D eigenvalue weighted by atomic mass is 10.1. The van der Waals surface area contributed by atoms with E-state index in [0.29, 0.717) is 16.9 Å². The monoisotopic (exact) mass is 550 g/mol. The van der Waals surface area contributed by atoms with Crippen molar-refractivity contribution in [1.82, 2.24) is 4.98 Å². The number of anilines is 3. The van der Waals surface area contributed by atoms with Crippen LogP contribution in [0.15, 0.2) is 70.4 Å². The molecule has 0 aliphatic heterocycles. The highest BCUT2D eigenvalue weighted by molar-refractivity contribution is 14.1. The summed E-state index contributed by atoms with van der Waals surface area (Å²) in [5.41, 5.74) is 1.99. The Labute approximate surface area is 198 Å². The van der Waals surface area contributed by atoms with Crippen LogP contribution in [-0.4, -0.2) is 37.7 Å². The molecule has 2 N–H and O–H groups in total. The van der Waals surface area contributed by atoms with Crippen molar-refractivity contribution >= 4 is 51.7 Å². The number of aromatic nitrogens is 1. The normalized spacial score (nSPS) is 9.75. The summed E-state index contributed by atoms with van der Waals surface area (Å²) in [4.78, 5) is 39.7. The first-order valence-corrected chi connectivity index (χ1v) is 10.6. The van der Waals surface area contributed by atoms with E-state index in [1.807, 2.05) is 43.3 Å². The highest BCUT2D eigenvalue weighted by Gasteiger charge is 2.16. The summed E-state index contributed by atoms with van der Waals surface area (Å²) in [6, 6.07) is 13.5. The lowest BCUT2D eigenvalue weighted by Crippen LogP contribution is -2.22. The minimum Gasteiger partial charge on any atom is -0.462 e. The molecular weight excluding hydrogens is 527 g/mol. The molecule has 32 heavy (non-hydrogen) atoms. The zero-order chi connectivity index (χ0) is 23.5. The van der Waals surface area contributed by atoms with Gasteiger partial charge < -0.3 is 24.7 Å². The molecule has 3 aromatic rings. The first-order chi connectivity index (χ1) is 15.3. The van der Waals surface area contributed by atoms with Gasteiger partial charge in [-0.1, -0.05) is 12.1 Å². The highest BCUT2D eigenvalue weighted by Crippen LogP contribution is 2.24. The topological polar surface area (TPSA) is 114 Å². The standard InChI is InChI=1S/C18H20IN3O3.C4H3NO2/c1-4-25-17(23)13-10-9-12(22(2)3)11-16(13)21-18(24)20-15-8-6-5-7-14(15)19;6-4-1-2-7-3-5-4/h5-11H,4H2,1-3H3,(H2,20,21,24);1-3H. The van der Waals surface area contributed by atoms with Crippen molar-refractivity contribution in [2.75, 3.05) is 36.2 Å². The maximum absolute atomic E-state index is 12.4. The Morgan fingerprint density at radius 2 is 1.81 bits per heavy atom. The number of hydrogen-bond acceptors (Lipinski definition) is 7. The Morgan fingerprint density at radius 1 is 1.09 bits per heavy atom. The Hall–Kier alpha value is -3.41. The molecule has 9 nitrogen and oxygen atoms in total. The van der Waals surface area contributed by atoms with Gasteiger partial charge >= 0.3 is 12.0 Å². The number of rotatable bonds is 5. The van der Waals surface area contributed by atoms with E-state index in [-0.39, 0.29) is 12.2 Å². The van der Waals surface area contributed by atoms with Crippen LogP contribution in [0.3, 0.4) is 0 Å². The van der Waals surface area contributed by atoms with Gasteiger partial charge in [-0.15, -0.1) is 0 Å². The van der Waals surface area contributed by atoms with Gasteiger partial charge in [-0.3, -0.25) is 4.79 Å². The maximum Gasteiger partial charge on any atom is 0.340 e. The third-order valence-electron chi connectivity index (χ3n) is 3.92. The van der Waals surface area contributed by atoms with Crippen molar-refractivity contribution in [3.8, 4) is 0 Å². The molecule has 10 heteroatoms. The number of nitrogens with zero attached hydrogens (tertiary/aromatic N) is 2. The Morgan fingerprint density at radius 3 is 2.38 bits per heavy atom. The molecule has 1 heterocycles. The summed E-state index contributed by atoms with van der Waals surface area (Å²) in [6.45, 7) is 2.01. The number of esters is 1. The summed E-state index contributed by atoms with van der Waals surface area (Å²) >= 11 is 2.14. The van der Waals surface area contributed by atoms with E-state index in [1.54, 1.807) is 25.1 Å². The van der Waals surface area contributed by atoms with E-state index in [4.69, 9.17) is 4.74 Å². The second kappa shape index (κ2) is 12.4. The summed E-state index contributed by atoms with van der Waals surface area (Å²) in [7, 11) is 3.77. The second-order valence-corrected chi connectivity index (χ2v) is 7.58. The Bertz CT molecular complexity index is 1100. The van der Waals surface area contributed by atoms with Gasteiger partial charge in [0.15, 0.2) is 6.39 Å². The molecule has 0 spiro atoms. The van der Waals surface area contributed by atoms with Crippen molar-refractivity contribution in [3.63, 3.8) is 0 Å². The number of para-hydroxylation sites is 1. The van der Waals surface area contributed by atoms with Crippen LogP contribution >= 0.6 is 22.6 Å². The van der Waals surface area contributed by atoms with Crippen molar-refractivity contribution in [1.29, 1.82) is 0 Å². The predicted molar refractivity (Wildman–Crippen MR) is 131 cm³/mol. The second-order valence-electron chi connectivity index (χ2n) is 6.42. The molecule has 2 aromatic carbocycles. The van der Waals surface area contributed by atoms with Crippen molar-refractivity contribution in [2.24, 2.45) is 0 Å². The first-order valence-electron chi connectivity index (χ1n) is 9.51. The van der Waals surface area contributed by atoms with E-state index >= 15 is 0 Å². The SMILES string of the molecule is CCOC(=O)c1ccc(N(C)C)cc1NC(=O)Nc1ccccc1I.O=c1ccocn1. The molecule has 0 aliphatic rings. The van der Waals surface area contributed by atoms with Crippen LogP contribution in [0, 0.1) is 3.57 Å². The van der Waals surface area contributed by atoms with Crippen LogP contribution in [0.1, 0.15) is 17.3 Å². The molecule has 0 saturated heterocycles. The quantitative estimate of drug-likeness (QED) is 0.362. The minimum absolute atomic E-state index is 0.266. The van der Waals surface area contributed by atoms with Gasteiger partial charge in [0, 0.05) is 29.4 Å². The lowest BCUT2D eigenvalue weighted by Gasteiger charge is -2.17. The van der Waals surface area contributed by atoms with Crippen molar-refractivity contribution in [2.45, 2.75) is 6.92 Å². The predicted octanol–water partition coefficient (Wildman–Crippen LogP) is 4.21. The van der Waals surface area contributed by atoms with E-state index < -0.39 is 12.0 Å². The van der Waals surface area contributed by atoms with Crippen LogP contribution in [0.4, 0.5) is 21.9 Å². The fourth-order valence-electron chi connectivity index (χ4n) is 2.40. The molecule has 3 rings (SSSR count). The van der Waals surface area contributed by atoms with E-state index in [0.717, 1.165) is 15.7 Å². The van der Waals surface area contributed by atoms with Gasteiger partial charge in [0.1, 0.15) is 0 Å². The molecule has 168 valence electrons. The summed E-state index contributed by atoms with van der Waals surface area (Å²) in [5, 5.41) is 5.52. The number of ether oxygens (including phenoxy) is 1. The van der Waals surface area contributed by atoms with Gasteiger partial charge in [-0.25, -0.2) is 9.59 Å². The number of benzene rings is 2. The number of carbonyl (C=O) groups is 2. The summed E-state index contributed by atoms with van der Waals surface area (Å²) < 4.78 is 10.4. The van der Waals surface area contributed by atoms with E-state index in [1.165, 1.54) is 12.3 Å². The molecule has 0 saturated carbocycles. The number of nitrogens with one attached hydrogen (secondary N) is 2. The fraction of sp³-hybridized carbons (Fsp3) is 0.182. The van der Waals surface area contributed by atoms with E-state index in [9.17, 15) is 14.4 Å². The fourth-order valence-corrected chi connectivity index (χ4v) is 2.92. The van der Waals surface area contributed by atoms with Crippen molar-refractivity contribution in [3.05, 3.63) is 80.7 Å². The van der Waals surface area contributed by atoms with Crippen LogP contribution in [-0.2, 0) is 4.74 Å². The molecule has 1 aromatic heterocycles. The molecule has 0 atom stereocenters. The molecule has 0 fully saturated rings. The molecule has 0 radical (unpaired) electrons. The Balaban J connectivity index is 0.000000439.